The van der Waals surface area contributed by atoms with Crippen LogP contribution in [-0.2, 0) is 6.54 Å². The third kappa shape index (κ3) is 2.40. The Morgan fingerprint density at radius 3 is 2.76 bits per heavy atom. The summed E-state index contributed by atoms with van der Waals surface area (Å²) in [5, 5.41) is 2.05. The molecule has 0 saturated carbocycles. The predicted molar refractivity (Wildman–Crippen MR) is 70.7 cm³/mol. The van der Waals surface area contributed by atoms with Crippen molar-refractivity contribution in [3.63, 3.8) is 0 Å². The fourth-order valence-electron chi connectivity index (χ4n) is 1.89. The first-order chi connectivity index (χ1) is 8.15. The Bertz CT molecular complexity index is 569. The molecule has 0 aliphatic heterocycles. The fraction of sp³-hybridized carbons (Fsp3) is 0.500. The number of thiazole rings is 1. The monoisotopic (exact) mass is 251 g/mol. The minimum Gasteiger partial charge on any atom is -0.298 e. The maximum atomic E-state index is 11.9. The van der Waals surface area contributed by atoms with Crippen LogP contribution in [0.3, 0.4) is 0 Å². The van der Waals surface area contributed by atoms with Crippen molar-refractivity contribution in [2.75, 3.05) is 13.1 Å². The third-order valence-electron chi connectivity index (χ3n) is 2.90. The van der Waals surface area contributed by atoms with Crippen LogP contribution in [0.5, 0.6) is 0 Å². The molecule has 5 heteroatoms. The Hall–Kier alpha value is -1.20. The lowest BCUT2D eigenvalue weighted by Crippen LogP contribution is -2.26. The van der Waals surface area contributed by atoms with Gasteiger partial charge in [-0.25, -0.2) is 4.79 Å². The molecule has 0 radical (unpaired) electrons. The Kier molecular flexibility index (Phi) is 3.59. The number of nitrogens with zero attached hydrogens (tertiary/aromatic N) is 3. The molecule has 92 valence electrons. The molecule has 0 atom stereocenters. The van der Waals surface area contributed by atoms with E-state index in [1.807, 2.05) is 13.0 Å². The van der Waals surface area contributed by atoms with E-state index in [-0.39, 0.29) is 5.69 Å². The molecule has 0 fully saturated rings. The first-order valence-electron chi connectivity index (χ1n) is 5.84. The summed E-state index contributed by atoms with van der Waals surface area (Å²) >= 11 is 1.60. The largest absolute Gasteiger partial charge is 0.353 e. The summed E-state index contributed by atoms with van der Waals surface area (Å²) in [5.41, 5.74) is 1.65. The lowest BCUT2D eigenvalue weighted by Gasteiger charge is -2.17. The van der Waals surface area contributed by atoms with Crippen LogP contribution in [0.15, 0.2) is 16.2 Å². The van der Waals surface area contributed by atoms with Crippen LogP contribution in [0.1, 0.15) is 25.2 Å². The van der Waals surface area contributed by atoms with Gasteiger partial charge in [-0.2, -0.15) is 4.98 Å². The van der Waals surface area contributed by atoms with Crippen LogP contribution in [0, 0.1) is 6.92 Å². The average molecular weight is 251 g/mol. The second-order valence-electron chi connectivity index (χ2n) is 4.04. The van der Waals surface area contributed by atoms with Crippen molar-refractivity contribution in [3.05, 3.63) is 33.3 Å². The Morgan fingerprint density at radius 1 is 1.41 bits per heavy atom. The molecule has 0 unspecified atom stereocenters. The zero-order valence-corrected chi connectivity index (χ0v) is 11.3. The first-order valence-corrected chi connectivity index (χ1v) is 6.72. The van der Waals surface area contributed by atoms with Gasteiger partial charge in [0.25, 0.3) is 0 Å². The van der Waals surface area contributed by atoms with E-state index in [4.69, 9.17) is 0 Å². The second kappa shape index (κ2) is 4.98. The Balaban J connectivity index is 2.46. The van der Waals surface area contributed by atoms with Crippen LogP contribution < -0.4 is 5.69 Å². The molecule has 0 aliphatic carbocycles. The maximum Gasteiger partial charge on any atom is 0.353 e. The van der Waals surface area contributed by atoms with Gasteiger partial charge in [0.2, 0.25) is 0 Å². The minimum absolute atomic E-state index is 0.164. The molecule has 0 aliphatic rings. The number of fused-ring (bicyclic) bond motifs is 1. The van der Waals surface area contributed by atoms with E-state index in [2.05, 4.69) is 29.1 Å². The summed E-state index contributed by atoms with van der Waals surface area (Å²) in [5.74, 6) is 0. The van der Waals surface area contributed by atoms with Gasteiger partial charge in [-0.3, -0.25) is 9.30 Å². The van der Waals surface area contributed by atoms with Gasteiger partial charge in [-0.05, 0) is 26.1 Å². The normalized spacial score (nSPS) is 11.5. The highest BCUT2D eigenvalue weighted by Crippen LogP contribution is 2.16. The van der Waals surface area contributed by atoms with Crippen molar-refractivity contribution in [1.82, 2.24) is 14.3 Å². The van der Waals surface area contributed by atoms with E-state index in [9.17, 15) is 4.79 Å². The maximum absolute atomic E-state index is 11.9. The van der Waals surface area contributed by atoms with Crippen molar-refractivity contribution in [2.45, 2.75) is 27.3 Å². The molecule has 0 aromatic carbocycles. The minimum atomic E-state index is -0.164. The molecule has 4 nitrogen and oxygen atoms in total. The number of aryl methyl sites for hydroxylation is 1. The molecule has 0 N–H and O–H groups in total. The third-order valence-corrected chi connectivity index (χ3v) is 3.83. The molecule has 2 aromatic rings. The molecular formula is C12H17N3OS. The Morgan fingerprint density at radius 2 is 2.12 bits per heavy atom. The van der Waals surface area contributed by atoms with Gasteiger partial charge in [0.05, 0.1) is 5.69 Å². The molecule has 0 saturated heterocycles. The highest BCUT2D eigenvalue weighted by atomic mass is 32.1. The standard InChI is InChI=1S/C12H17N3OS/c1-4-14(5-2)7-10-8-17-11-6-9(3)13-12(16)15(10)11/h6,8H,4-5,7H2,1-3H3. The van der Waals surface area contributed by atoms with Crippen molar-refractivity contribution in [1.29, 1.82) is 0 Å². The van der Waals surface area contributed by atoms with E-state index in [1.165, 1.54) is 0 Å². The molecule has 0 bridgehead atoms. The number of hydrogen-bond donors (Lipinski definition) is 0. The van der Waals surface area contributed by atoms with Gasteiger partial charge < -0.3 is 0 Å². The van der Waals surface area contributed by atoms with E-state index < -0.39 is 0 Å². The summed E-state index contributed by atoms with van der Waals surface area (Å²) in [4.78, 5) is 19.1. The average Bonchev–Trinajstić information content (AvgIpc) is 2.69. The van der Waals surface area contributed by atoms with Crippen LogP contribution >= 0.6 is 11.3 Å². The summed E-state index contributed by atoms with van der Waals surface area (Å²) in [6.07, 6.45) is 0. The van der Waals surface area contributed by atoms with E-state index in [0.29, 0.717) is 0 Å². The van der Waals surface area contributed by atoms with E-state index >= 15 is 0 Å². The lowest BCUT2D eigenvalue weighted by molar-refractivity contribution is 0.291. The molecule has 0 amide bonds. The van der Waals surface area contributed by atoms with Crippen molar-refractivity contribution in [3.8, 4) is 0 Å². The van der Waals surface area contributed by atoms with Gasteiger partial charge >= 0.3 is 5.69 Å². The predicted octanol–water partition coefficient (Wildman–Crippen LogP) is 1.91. The number of rotatable bonds is 4. The summed E-state index contributed by atoms with van der Waals surface area (Å²) < 4.78 is 1.72. The number of hydrogen-bond acceptors (Lipinski definition) is 4. The van der Waals surface area contributed by atoms with Crippen LogP contribution in [0.4, 0.5) is 0 Å². The van der Waals surface area contributed by atoms with Gasteiger partial charge in [0.1, 0.15) is 4.83 Å². The van der Waals surface area contributed by atoms with Crippen molar-refractivity contribution < 1.29 is 0 Å². The highest BCUT2D eigenvalue weighted by molar-refractivity contribution is 7.15. The molecule has 2 heterocycles. The molecule has 2 aromatic heterocycles. The Labute approximate surface area is 105 Å². The molecule has 17 heavy (non-hydrogen) atoms. The van der Waals surface area contributed by atoms with Crippen LogP contribution in [0.2, 0.25) is 0 Å². The van der Waals surface area contributed by atoms with Gasteiger partial charge in [-0.1, -0.05) is 13.8 Å². The quantitative estimate of drug-likeness (QED) is 0.833. The second-order valence-corrected chi connectivity index (χ2v) is 4.93. The zero-order valence-electron chi connectivity index (χ0n) is 10.4. The SMILES string of the molecule is CCN(CC)Cc1csc2cc(C)nc(=O)n12. The van der Waals surface area contributed by atoms with Gasteiger partial charge in [-0.15, -0.1) is 11.3 Å². The molecular weight excluding hydrogens is 234 g/mol. The van der Waals surface area contributed by atoms with E-state index in [1.54, 1.807) is 15.7 Å². The molecule has 2 rings (SSSR count). The first kappa shape index (κ1) is 12.3. The number of aromatic nitrogens is 2. The van der Waals surface area contributed by atoms with Crippen molar-refractivity contribution in [2.24, 2.45) is 0 Å². The van der Waals surface area contributed by atoms with Crippen LogP contribution in [-0.4, -0.2) is 27.4 Å². The molecule has 0 spiro atoms. The van der Waals surface area contributed by atoms with Crippen molar-refractivity contribution >= 4 is 16.2 Å². The fourth-order valence-corrected chi connectivity index (χ4v) is 2.86. The highest BCUT2D eigenvalue weighted by Gasteiger charge is 2.09. The summed E-state index contributed by atoms with van der Waals surface area (Å²) in [7, 11) is 0. The lowest BCUT2D eigenvalue weighted by atomic mass is 10.4. The van der Waals surface area contributed by atoms with Gasteiger partial charge in [0, 0.05) is 17.6 Å². The summed E-state index contributed by atoms with van der Waals surface area (Å²) in [6.45, 7) is 8.89. The smallest absolute Gasteiger partial charge is 0.298 e. The van der Waals surface area contributed by atoms with Gasteiger partial charge in [0.15, 0.2) is 0 Å². The zero-order chi connectivity index (χ0) is 12.4. The summed E-state index contributed by atoms with van der Waals surface area (Å²) in [6, 6.07) is 1.96. The van der Waals surface area contributed by atoms with Crippen LogP contribution in [0.25, 0.3) is 4.83 Å². The topological polar surface area (TPSA) is 37.6 Å². The van der Waals surface area contributed by atoms with E-state index in [0.717, 1.165) is 35.9 Å².